The number of hydrogen-bond donors (Lipinski definition) is 1. The maximum atomic E-state index is 12.4. The average Bonchev–Trinajstić information content (AvgIpc) is 2.50. The van der Waals surface area contributed by atoms with E-state index in [1.54, 1.807) is 36.4 Å². The molecule has 0 bridgehead atoms. The van der Waals surface area contributed by atoms with Crippen LogP contribution in [0.15, 0.2) is 57.9 Å². The highest BCUT2D eigenvalue weighted by Gasteiger charge is 2.14. The first-order valence-corrected chi connectivity index (χ1v) is 7.02. The Kier molecular flexibility index (Phi) is 3.69. The van der Waals surface area contributed by atoms with Crippen LogP contribution < -0.4 is 10.9 Å². The maximum absolute atomic E-state index is 12.4. The second-order valence-corrected chi connectivity index (χ2v) is 5.33. The number of anilines is 1. The number of amides is 1. The Balaban J connectivity index is 2.03. The number of aryl methyl sites for hydroxylation is 1. The highest BCUT2D eigenvalue weighted by atomic mass is 35.5. The molecule has 3 rings (SSSR count). The molecule has 3 aromatic rings. The lowest BCUT2D eigenvalue weighted by Gasteiger charge is -2.09. The number of hydrogen-bond acceptors (Lipinski definition) is 3. The van der Waals surface area contributed by atoms with Crippen LogP contribution in [0.5, 0.6) is 0 Å². The third-order valence-corrected chi connectivity index (χ3v) is 3.65. The molecule has 0 aliphatic rings. The maximum Gasteiger partial charge on any atom is 0.343 e. The average molecular weight is 314 g/mol. The van der Waals surface area contributed by atoms with Gasteiger partial charge in [0.2, 0.25) is 0 Å². The number of carbonyl (C=O) groups is 1. The van der Waals surface area contributed by atoms with E-state index in [2.05, 4.69) is 5.32 Å². The van der Waals surface area contributed by atoms with Crippen molar-refractivity contribution in [3.8, 4) is 0 Å². The SMILES string of the molecule is Cc1ccc(NC(=O)c2coc(=O)c3ccccc23)c(Cl)c1. The van der Waals surface area contributed by atoms with Crippen molar-refractivity contribution in [1.29, 1.82) is 0 Å². The molecule has 0 saturated carbocycles. The molecule has 0 fully saturated rings. The molecule has 5 heteroatoms. The van der Waals surface area contributed by atoms with Crippen molar-refractivity contribution in [2.45, 2.75) is 6.92 Å². The number of halogens is 1. The second-order valence-electron chi connectivity index (χ2n) is 4.92. The fraction of sp³-hybridized carbons (Fsp3) is 0.0588. The van der Waals surface area contributed by atoms with Crippen LogP contribution in [0, 0.1) is 6.92 Å². The zero-order chi connectivity index (χ0) is 15.7. The van der Waals surface area contributed by atoms with Crippen LogP contribution in [-0.4, -0.2) is 5.91 Å². The van der Waals surface area contributed by atoms with Crippen LogP contribution in [0.25, 0.3) is 10.8 Å². The first-order valence-electron chi connectivity index (χ1n) is 6.64. The highest BCUT2D eigenvalue weighted by Crippen LogP contribution is 2.24. The van der Waals surface area contributed by atoms with Gasteiger partial charge < -0.3 is 9.73 Å². The molecule has 4 nitrogen and oxygen atoms in total. The van der Waals surface area contributed by atoms with Gasteiger partial charge in [0.05, 0.1) is 21.7 Å². The van der Waals surface area contributed by atoms with E-state index in [9.17, 15) is 9.59 Å². The minimum Gasteiger partial charge on any atom is -0.430 e. The summed E-state index contributed by atoms with van der Waals surface area (Å²) in [7, 11) is 0. The van der Waals surface area contributed by atoms with Crippen LogP contribution >= 0.6 is 11.6 Å². The first kappa shape index (κ1) is 14.4. The van der Waals surface area contributed by atoms with Gasteiger partial charge >= 0.3 is 5.63 Å². The fourth-order valence-electron chi connectivity index (χ4n) is 2.22. The van der Waals surface area contributed by atoms with Crippen LogP contribution in [0.3, 0.4) is 0 Å². The monoisotopic (exact) mass is 313 g/mol. The van der Waals surface area contributed by atoms with Crippen LogP contribution in [0.2, 0.25) is 5.02 Å². The molecule has 0 saturated heterocycles. The quantitative estimate of drug-likeness (QED) is 0.777. The van der Waals surface area contributed by atoms with Crippen molar-refractivity contribution in [3.63, 3.8) is 0 Å². The Hall–Kier alpha value is -2.59. The molecule has 1 aromatic heterocycles. The summed E-state index contributed by atoms with van der Waals surface area (Å²) in [6.07, 6.45) is 1.17. The van der Waals surface area contributed by atoms with Gasteiger partial charge in [-0.3, -0.25) is 4.79 Å². The zero-order valence-electron chi connectivity index (χ0n) is 11.7. The van der Waals surface area contributed by atoms with Crippen LogP contribution in [0.1, 0.15) is 15.9 Å². The summed E-state index contributed by atoms with van der Waals surface area (Å²) < 4.78 is 4.93. The third kappa shape index (κ3) is 2.61. The first-order chi connectivity index (χ1) is 10.6. The lowest BCUT2D eigenvalue weighted by atomic mass is 10.1. The van der Waals surface area contributed by atoms with E-state index in [-0.39, 0.29) is 11.5 Å². The van der Waals surface area contributed by atoms with Gasteiger partial charge in [-0.15, -0.1) is 0 Å². The predicted octanol–water partition coefficient (Wildman–Crippen LogP) is 4.01. The Morgan fingerprint density at radius 3 is 2.59 bits per heavy atom. The van der Waals surface area contributed by atoms with E-state index in [0.29, 0.717) is 21.5 Å². The van der Waals surface area contributed by atoms with Crippen molar-refractivity contribution < 1.29 is 9.21 Å². The molecule has 1 N–H and O–H groups in total. The predicted molar refractivity (Wildman–Crippen MR) is 86.6 cm³/mol. The Bertz CT molecular complexity index is 931. The van der Waals surface area contributed by atoms with E-state index < -0.39 is 5.63 Å². The topological polar surface area (TPSA) is 59.3 Å². The molecule has 0 spiro atoms. The summed E-state index contributed by atoms with van der Waals surface area (Å²) >= 11 is 6.12. The van der Waals surface area contributed by atoms with Gasteiger partial charge in [0, 0.05) is 5.39 Å². The Morgan fingerprint density at radius 1 is 1.14 bits per heavy atom. The third-order valence-electron chi connectivity index (χ3n) is 3.34. The molecule has 0 aliphatic heterocycles. The summed E-state index contributed by atoms with van der Waals surface area (Å²) in [4.78, 5) is 24.1. The van der Waals surface area contributed by atoms with Gasteiger partial charge in [-0.2, -0.15) is 0 Å². The van der Waals surface area contributed by atoms with E-state index in [1.165, 1.54) is 6.26 Å². The molecule has 0 atom stereocenters. The minimum atomic E-state index is -0.472. The van der Waals surface area contributed by atoms with Crippen molar-refractivity contribution in [2.75, 3.05) is 5.32 Å². The fourth-order valence-corrected chi connectivity index (χ4v) is 2.50. The van der Waals surface area contributed by atoms with Gasteiger partial charge in [-0.25, -0.2) is 4.79 Å². The number of carbonyl (C=O) groups excluding carboxylic acids is 1. The number of nitrogens with one attached hydrogen (secondary N) is 1. The normalized spacial score (nSPS) is 10.6. The van der Waals surface area contributed by atoms with E-state index in [1.807, 2.05) is 13.0 Å². The molecule has 0 unspecified atom stereocenters. The van der Waals surface area contributed by atoms with Gasteiger partial charge in [-0.05, 0) is 30.7 Å². The van der Waals surface area contributed by atoms with Crippen molar-refractivity contribution >= 4 is 34.0 Å². The molecule has 22 heavy (non-hydrogen) atoms. The smallest absolute Gasteiger partial charge is 0.343 e. The van der Waals surface area contributed by atoms with Gasteiger partial charge in [0.25, 0.3) is 5.91 Å². The standard InChI is InChI=1S/C17H12ClNO3/c1-10-6-7-15(14(18)8-10)19-16(20)13-9-22-17(21)12-5-3-2-4-11(12)13/h2-9H,1H3,(H,19,20). The van der Waals surface area contributed by atoms with Crippen LogP contribution in [0.4, 0.5) is 5.69 Å². The molecule has 1 heterocycles. The number of fused-ring (bicyclic) bond motifs is 1. The van der Waals surface area contributed by atoms with Crippen LogP contribution in [-0.2, 0) is 0 Å². The number of rotatable bonds is 2. The molecule has 2 aromatic carbocycles. The van der Waals surface area contributed by atoms with Gasteiger partial charge in [-0.1, -0.05) is 35.9 Å². The van der Waals surface area contributed by atoms with Gasteiger partial charge in [0.1, 0.15) is 6.26 Å². The molecule has 1 amide bonds. The largest absolute Gasteiger partial charge is 0.430 e. The summed E-state index contributed by atoms with van der Waals surface area (Å²) in [6, 6.07) is 12.2. The van der Waals surface area contributed by atoms with E-state index >= 15 is 0 Å². The van der Waals surface area contributed by atoms with E-state index in [4.69, 9.17) is 16.0 Å². The summed E-state index contributed by atoms with van der Waals surface area (Å²) in [5.41, 5.74) is 1.32. The summed E-state index contributed by atoms with van der Waals surface area (Å²) in [5.74, 6) is -0.384. The summed E-state index contributed by atoms with van der Waals surface area (Å²) in [6.45, 7) is 1.91. The molecular weight excluding hydrogens is 302 g/mol. The lowest BCUT2D eigenvalue weighted by Crippen LogP contribution is -2.14. The summed E-state index contributed by atoms with van der Waals surface area (Å²) in [5, 5.41) is 4.09. The van der Waals surface area contributed by atoms with Crippen molar-refractivity contribution in [2.24, 2.45) is 0 Å². The zero-order valence-corrected chi connectivity index (χ0v) is 12.5. The Morgan fingerprint density at radius 2 is 1.86 bits per heavy atom. The molecule has 0 aliphatic carbocycles. The minimum absolute atomic E-state index is 0.284. The van der Waals surface area contributed by atoms with Gasteiger partial charge in [0.15, 0.2) is 0 Å². The Labute approximate surface area is 131 Å². The number of benzene rings is 2. The molecular formula is C17H12ClNO3. The highest BCUT2D eigenvalue weighted by molar-refractivity contribution is 6.34. The van der Waals surface area contributed by atoms with Crippen molar-refractivity contribution in [3.05, 3.63) is 75.3 Å². The second kappa shape index (κ2) is 5.66. The molecule has 110 valence electrons. The van der Waals surface area contributed by atoms with Crippen molar-refractivity contribution in [1.82, 2.24) is 0 Å². The molecule has 0 radical (unpaired) electrons. The van der Waals surface area contributed by atoms with E-state index in [0.717, 1.165) is 5.56 Å². The lowest BCUT2D eigenvalue weighted by molar-refractivity contribution is 0.102.